The molecule has 1 amide bonds. The van der Waals surface area contributed by atoms with Crippen molar-refractivity contribution in [1.82, 2.24) is 9.80 Å². The Morgan fingerprint density at radius 2 is 1.89 bits per heavy atom. The number of likely N-dealkylation sites (N-methyl/N-ethyl adjacent to an activating group) is 1. The molecular weight excluding hydrogens is 228 g/mol. The van der Waals surface area contributed by atoms with E-state index in [2.05, 4.69) is 32.7 Å². The number of hydrogen-bond donors (Lipinski definition) is 0. The number of likely N-dealkylation sites (tertiary alicyclic amines) is 1. The van der Waals surface area contributed by atoms with Crippen molar-refractivity contribution in [3.63, 3.8) is 0 Å². The molecule has 0 unspecified atom stereocenters. The van der Waals surface area contributed by atoms with Gasteiger partial charge in [0.25, 0.3) is 0 Å². The molecule has 0 radical (unpaired) electrons. The van der Waals surface area contributed by atoms with Crippen LogP contribution in [-0.2, 0) is 4.74 Å². The number of rotatable bonds is 2. The molecule has 1 heterocycles. The zero-order valence-corrected chi connectivity index (χ0v) is 12.9. The molecule has 1 saturated heterocycles. The summed E-state index contributed by atoms with van der Waals surface area (Å²) in [7, 11) is 2.13. The van der Waals surface area contributed by atoms with Gasteiger partial charge in [-0.05, 0) is 47.6 Å². The Kier molecular flexibility index (Phi) is 4.65. The van der Waals surface area contributed by atoms with Crippen LogP contribution in [0.3, 0.4) is 0 Å². The van der Waals surface area contributed by atoms with Gasteiger partial charge in [-0.1, -0.05) is 6.92 Å². The average Bonchev–Trinajstić information content (AvgIpc) is 2.56. The van der Waals surface area contributed by atoms with Crippen molar-refractivity contribution in [2.75, 3.05) is 20.1 Å². The molecule has 106 valence electrons. The molecule has 0 aromatic rings. The highest BCUT2D eigenvalue weighted by molar-refractivity contribution is 5.68. The van der Waals surface area contributed by atoms with Gasteiger partial charge < -0.3 is 9.64 Å². The molecule has 4 heteroatoms. The maximum atomic E-state index is 12.0. The van der Waals surface area contributed by atoms with E-state index in [0.29, 0.717) is 18.0 Å². The molecular formula is C14H28N2O2. The van der Waals surface area contributed by atoms with Gasteiger partial charge in [0.15, 0.2) is 0 Å². The lowest BCUT2D eigenvalue weighted by Crippen LogP contribution is -2.42. The summed E-state index contributed by atoms with van der Waals surface area (Å²) >= 11 is 0. The standard InChI is InChI=1S/C14H28N2O2/c1-10(2)15(7)12-9-16(8-11(12)3)13(17)18-14(4,5)6/h10-12H,8-9H2,1-7H3/t11-,12-/m0/s1. The van der Waals surface area contributed by atoms with Gasteiger partial charge in [-0.2, -0.15) is 0 Å². The number of carbonyl (C=O) groups is 1. The Labute approximate surface area is 111 Å². The fraction of sp³-hybridized carbons (Fsp3) is 0.929. The fourth-order valence-electron chi connectivity index (χ4n) is 2.34. The number of amides is 1. The number of ether oxygens (including phenoxy) is 1. The summed E-state index contributed by atoms with van der Waals surface area (Å²) in [5, 5.41) is 0. The molecule has 0 aliphatic carbocycles. The molecule has 0 aromatic heterocycles. The van der Waals surface area contributed by atoms with Gasteiger partial charge in [0.1, 0.15) is 5.60 Å². The molecule has 1 aliphatic rings. The van der Waals surface area contributed by atoms with Crippen LogP contribution in [-0.4, -0.2) is 53.7 Å². The van der Waals surface area contributed by atoms with Crippen LogP contribution in [0.5, 0.6) is 0 Å². The van der Waals surface area contributed by atoms with Gasteiger partial charge in [-0.25, -0.2) is 4.79 Å². The third-order valence-electron chi connectivity index (χ3n) is 3.56. The number of carbonyl (C=O) groups excluding carboxylic acids is 1. The Bertz CT molecular complexity index is 297. The third kappa shape index (κ3) is 3.87. The summed E-state index contributed by atoms with van der Waals surface area (Å²) in [4.78, 5) is 16.2. The SMILES string of the molecule is CC(C)N(C)[C@H]1CN(C(=O)OC(C)(C)C)C[C@@H]1C. The monoisotopic (exact) mass is 256 g/mol. The lowest BCUT2D eigenvalue weighted by atomic mass is 10.0. The van der Waals surface area contributed by atoms with E-state index in [1.165, 1.54) is 0 Å². The molecule has 18 heavy (non-hydrogen) atoms. The Morgan fingerprint density at radius 3 is 2.33 bits per heavy atom. The minimum absolute atomic E-state index is 0.186. The third-order valence-corrected chi connectivity index (χ3v) is 3.56. The Morgan fingerprint density at radius 1 is 1.33 bits per heavy atom. The molecule has 0 spiro atoms. The van der Waals surface area contributed by atoms with Gasteiger partial charge >= 0.3 is 6.09 Å². The van der Waals surface area contributed by atoms with Crippen molar-refractivity contribution < 1.29 is 9.53 Å². The van der Waals surface area contributed by atoms with Gasteiger partial charge in [0, 0.05) is 25.2 Å². The van der Waals surface area contributed by atoms with Crippen molar-refractivity contribution in [3.05, 3.63) is 0 Å². The van der Waals surface area contributed by atoms with Gasteiger partial charge in [0.2, 0.25) is 0 Å². The molecule has 4 nitrogen and oxygen atoms in total. The summed E-state index contributed by atoms with van der Waals surface area (Å²) in [6.07, 6.45) is -0.186. The zero-order valence-electron chi connectivity index (χ0n) is 12.9. The van der Waals surface area contributed by atoms with Crippen molar-refractivity contribution in [2.24, 2.45) is 5.92 Å². The lowest BCUT2D eigenvalue weighted by Gasteiger charge is -2.30. The quantitative estimate of drug-likeness (QED) is 0.761. The highest BCUT2D eigenvalue weighted by Gasteiger charge is 2.37. The Hall–Kier alpha value is -0.770. The topological polar surface area (TPSA) is 32.8 Å². The van der Waals surface area contributed by atoms with Crippen molar-refractivity contribution in [1.29, 1.82) is 0 Å². The van der Waals surface area contributed by atoms with E-state index in [0.717, 1.165) is 13.1 Å². The molecule has 0 bridgehead atoms. The predicted molar refractivity (Wildman–Crippen MR) is 73.7 cm³/mol. The summed E-state index contributed by atoms with van der Waals surface area (Å²) in [5.74, 6) is 0.491. The molecule has 1 rings (SSSR count). The first kappa shape index (κ1) is 15.3. The minimum atomic E-state index is -0.414. The normalized spacial score (nSPS) is 25.1. The first-order valence-electron chi connectivity index (χ1n) is 6.81. The van der Waals surface area contributed by atoms with Crippen molar-refractivity contribution in [3.8, 4) is 0 Å². The van der Waals surface area contributed by atoms with E-state index < -0.39 is 5.60 Å². The van der Waals surface area contributed by atoms with Crippen molar-refractivity contribution in [2.45, 2.75) is 59.2 Å². The highest BCUT2D eigenvalue weighted by Crippen LogP contribution is 2.24. The van der Waals surface area contributed by atoms with Crippen molar-refractivity contribution >= 4 is 6.09 Å². The molecule has 1 aliphatic heterocycles. The van der Waals surface area contributed by atoms with Gasteiger partial charge in [0.05, 0.1) is 0 Å². The Balaban J connectivity index is 2.61. The summed E-state index contributed by atoms with van der Waals surface area (Å²) in [6.45, 7) is 13.8. The molecule has 0 N–H and O–H groups in total. The van der Waals surface area contributed by atoms with Crippen LogP contribution in [0.2, 0.25) is 0 Å². The van der Waals surface area contributed by atoms with Crippen LogP contribution >= 0.6 is 0 Å². The lowest BCUT2D eigenvalue weighted by molar-refractivity contribution is 0.0278. The van der Waals surface area contributed by atoms with Crippen LogP contribution in [0.4, 0.5) is 4.79 Å². The van der Waals surface area contributed by atoms with Crippen LogP contribution in [0.25, 0.3) is 0 Å². The van der Waals surface area contributed by atoms with Crippen LogP contribution in [0.1, 0.15) is 41.5 Å². The first-order chi connectivity index (χ1) is 8.11. The van der Waals surface area contributed by atoms with Crippen LogP contribution < -0.4 is 0 Å². The van der Waals surface area contributed by atoms with E-state index in [-0.39, 0.29) is 6.09 Å². The summed E-state index contributed by atoms with van der Waals surface area (Å²) in [5.41, 5.74) is -0.414. The first-order valence-corrected chi connectivity index (χ1v) is 6.81. The van der Waals surface area contributed by atoms with Crippen LogP contribution in [0, 0.1) is 5.92 Å². The summed E-state index contributed by atoms with van der Waals surface area (Å²) < 4.78 is 5.43. The maximum Gasteiger partial charge on any atom is 0.410 e. The second kappa shape index (κ2) is 5.47. The van der Waals surface area contributed by atoms with E-state index in [9.17, 15) is 4.79 Å². The zero-order chi connectivity index (χ0) is 14.1. The minimum Gasteiger partial charge on any atom is -0.444 e. The molecule has 0 saturated carbocycles. The van der Waals surface area contributed by atoms with Gasteiger partial charge in [-0.15, -0.1) is 0 Å². The second-order valence-corrected chi connectivity index (χ2v) is 6.69. The second-order valence-electron chi connectivity index (χ2n) is 6.69. The number of nitrogens with zero attached hydrogens (tertiary/aromatic N) is 2. The molecule has 1 fully saturated rings. The fourth-order valence-corrected chi connectivity index (χ4v) is 2.34. The maximum absolute atomic E-state index is 12.0. The molecule has 0 aromatic carbocycles. The smallest absolute Gasteiger partial charge is 0.410 e. The largest absolute Gasteiger partial charge is 0.444 e. The van der Waals surface area contributed by atoms with Crippen LogP contribution in [0.15, 0.2) is 0 Å². The van der Waals surface area contributed by atoms with E-state index >= 15 is 0 Å². The van der Waals surface area contributed by atoms with E-state index in [1.807, 2.05) is 25.7 Å². The molecule has 2 atom stereocenters. The number of hydrogen-bond acceptors (Lipinski definition) is 3. The van der Waals surface area contributed by atoms with E-state index in [1.54, 1.807) is 0 Å². The predicted octanol–water partition coefficient (Wildman–Crippen LogP) is 2.58. The average molecular weight is 256 g/mol. The summed E-state index contributed by atoms with van der Waals surface area (Å²) in [6, 6.07) is 0.925. The van der Waals surface area contributed by atoms with Gasteiger partial charge in [-0.3, -0.25) is 4.90 Å². The van der Waals surface area contributed by atoms with E-state index in [4.69, 9.17) is 4.74 Å². The highest BCUT2D eigenvalue weighted by atomic mass is 16.6.